The predicted molar refractivity (Wildman–Crippen MR) is 168 cm³/mol. The minimum atomic E-state index is -5.08. The molecule has 0 radical (unpaired) electrons. The maximum Gasteiger partial charge on any atom is 0.490 e. The standard InChI is InChI=1S/C29H30Cl2N4O5.C2HF3O2/c30-23-13-8-19(15-24(23)31)17-34-29(40)32-14-4-7-26(36)33-18-27(37)35-25(16-28(38)39)22-11-9-21(10-12-22)20-5-2-1-3-6-20;3-2(4,5)1(6)7/h1-3,5-6,8-13,15,25H,4,7,14,16-18H2,(H,33,36)(H,35,37)(H,38,39)(H2,32,34,40);(H,6,7). The van der Waals surface area contributed by atoms with Gasteiger partial charge >= 0.3 is 24.1 Å². The zero-order valence-corrected chi connectivity index (χ0v) is 26.1. The molecule has 11 nitrogen and oxygen atoms in total. The van der Waals surface area contributed by atoms with Crippen LogP contribution in [0.1, 0.15) is 36.4 Å². The maximum atomic E-state index is 12.4. The molecule has 3 rings (SSSR count). The van der Waals surface area contributed by atoms with Crippen LogP contribution in [0, 0.1) is 0 Å². The molecule has 3 aromatic carbocycles. The van der Waals surface area contributed by atoms with Crippen molar-refractivity contribution in [2.24, 2.45) is 0 Å². The maximum absolute atomic E-state index is 12.4. The molecule has 0 fully saturated rings. The highest BCUT2D eigenvalue weighted by Crippen LogP contribution is 2.24. The predicted octanol–water partition coefficient (Wildman–Crippen LogP) is 5.32. The number of carboxylic acid groups (broad SMARTS) is 2. The number of carbonyl (C=O) groups is 5. The van der Waals surface area contributed by atoms with Crippen molar-refractivity contribution in [1.29, 1.82) is 0 Å². The van der Waals surface area contributed by atoms with E-state index in [1.54, 1.807) is 30.3 Å². The van der Waals surface area contributed by atoms with E-state index >= 15 is 0 Å². The van der Waals surface area contributed by atoms with E-state index in [4.69, 9.17) is 33.1 Å². The number of nitrogens with one attached hydrogen (secondary N) is 4. The Kier molecular flexibility index (Phi) is 15.5. The van der Waals surface area contributed by atoms with Crippen LogP contribution in [-0.4, -0.2) is 59.3 Å². The topological polar surface area (TPSA) is 174 Å². The van der Waals surface area contributed by atoms with E-state index in [9.17, 15) is 37.5 Å². The molecular formula is C31H31Cl2F3N4O7. The fourth-order valence-electron chi connectivity index (χ4n) is 3.82. The molecule has 0 aromatic heterocycles. The van der Waals surface area contributed by atoms with E-state index in [2.05, 4.69) is 21.3 Å². The molecule has 0 bridgehead atoms. The Morgan fingerprint density at radius 1 is 0.766 bits per heavy atom. The van der Waals surface area contributed by atoms with Crippen LogP contribution in [0.15, 0.2) is 72.8 Å². The van der Waals surface area contributed by atoms with Gasteiger partial charge in [-0.1, -0.05) is 83.9 Å². The minimum Gasteiger partial charge on any atom is -0.481 e. The quantitative estimate of drug-likeness (QED) is 0.131. The zero-order valence-electron chi connectivity index (χ0n) is 24.6. The zero-order chi connectivity index (χ0) is 35.0. The number of carboxylic acids is 2. The molecule has 3 aromatic rings. The first-order valence-electron chi connectivity index (χ1n) is 13.8. The third-order valence-corrected chi connectivity index (χ3v) is 6.87. The minimum absolute atomic E-state index is 0.0971. The number of hydrogen-bond donors (Lipinski definition) is 6. The molecule has 0 aliphatic heterocycles. The first-order chi connectivity index (χ1) is 22.1. The van der Waals surface area contributed by atoms with Gasteiger partial charge in [0.15, 0.2) is 0 Å². The van der Waals surface area contributed by atoms with Crippen molar-refractivity contribution in [3.05, 3.63) is 94.0 Å². The van der Waals surface area contributed by atoms with Gasteiger partial charge in [0.1, 0.15) is 0 Å². The molecule has 0 spiro atoms. The number of carbonyl (C=O) groups excluding carboxylic acids is 3. The number of halogens is 5. The van der Waals surface area contributed by atoms with Crippen LogP contribution in [0.2, 0.25) is 10.0 Å². The van der Waals surface area contributed by atoms with Crippen molar-refractivity contribution in [2.75, 3.05) is 13.1 Å². The van der Waals surface area contributed by atoms with Crippen molar-refractivity contribution in [3.63, 3.8) is 0 Å². The fourth-order valence-corrected chi connectivity index (χ4v) is 4.14. The summed E-state index contributed by atoms with van der Waals surface area (Å²) < 4.78 is 31.7. The van der Waals surface area contributed by atoms with Gasteiger partial charge in [-0.05, 0) is 40.8 Å². The summed E-state index contributed by atoms with van der Waals surface area (Å²) in [7, 11) is 0. The summed E-state index contributed by atoms with van der Waals surface area (Å²) in [5.74, 6) is -4.69. The monoisotopic (exact) mass is 698 g/mol. The lowest BCUT2D eigenvalue weighted by Crippen LogP contribution is -2.39. The Labute approximate surface area is 277 Å². The highest BCUT2D eigenvalue weighted by molar-refractivity contribution is 6.42. The van der Waals surface area contributed by atoms with E-state index in [1.807, 2.05) is 42.5 Å². The molecule has 0 aliphatic carbocycles. The number of urea groups is 1. The Balaban J connectivity index is 0.000000984. The van der Waals surface area contributed by atoms with Crippen LogP contribution >= 0.6 is 23.2 Å². The Hall–Kier alpha value is -4.82. The van der Waals surface area contributed by atoms with Crippen molar-refractivity contribution in [2.45, 2.75) is 38.0 Å². The summed E-state index contributed by atoms with van der Waals surface area (Å²) >= 11 is 11.8. The number of hydrogen-bond acceptors (Lipinski definition) is 5. The molecule has 47 heavy (non-hydrogen) atoms. The van der Waals surface area contributed by atoms with Gasteiger partial charge < -0.3 is 31.5 Å². The van der Waals surface area contributed by atoms with Crippen LogP contribution < -0.4 is 21.3 Å². The molecule has 0 aliphatic rings. The summed E-state index contributed by atoms with van der Waals surface area (Å²) in [5, 5.41) is 27.8. The van der Waals surface area contributed by atoms with Crippen molar-refractivity contribution >= 4 is 53.0 Å². The van der Waals surface area contributed by atoms with Crippen LogP contribution in [0.5, 0.6) is 0 Å². The fraction of sp³-hybridized carbons (Fsp3) is 0.258. The molecule has 0 saturated heterocycles. The van der Waals surface area contributed by atoms with Gasteiger partial charge in [0.05, 0.1) is 29.1 Å². The van der Waals surface area contributed by atoms with E-state index in [0.717, 1.165) is 16.7 Å². The number of amides is 4. The Bertz CT molecular complexity index is 1530. The molecule has 4 amide bonds. The molecule has 1 unspecified atom stereocenters. The Morgan fingerprint density at radius 3 is 1.96 bits per heavy atom. The lowest BCUT2D eigenvalue weighted by molar-refractivity contribution is -0.192. The highest BCUT2D eigenvalue weighted by atomic mass is 35.5. The lowest BCUT2D eigenvalue weighted by Gasteiger charge is -2.18. The van der Waals surface area contributed by atoms with Gasteiger partial charge in [-0.25, -0.2) is 9.59 Å². The van der Waals surface area contributed by atoms with Crippen LogP contribution in [0.25, 0.3) is 11.1 Å². The Morgan fingerprint density at radius 2 is 1.38 bits per heavy atom. The average molecular weight is 700 g/mol. The average Bonchev–Trinajstić information content (AvgIpc) is 3.02. The number of rotatable bonds is 13. The van der Waals surface area contributed by atoms with E-state index in [-0.39, 0.29) is 38.4 Å². The van der Waals surface area contributed by atoms with Gasteiger partial charge in [-0.2, -0.15) is 13.2 Å². The van der Waals surface area contributed by atoms with E-state index in [1.165, 1.54) is 0 Å². The highest BCUT2D eigenvalue weighted by Gasteiger charge is 2.38. The third kappa shape index (κ3) is 14.9. The number of aliphatic carboxylic acids is 2. The largest absolute Gasteiger partial charge is 0.490 e. The van der Waals surface area contributed by atoms with E-state index in [0.29, 0.717) is 22.0 Å². The van der Waals surface area contributed by atoms with Gasteiger partial charge in [0.2, 0.25) is 11.8 Å². The van der Waals surface area contributed by atoms with Crippen LogP contribution in [0.4, 0.5) is 18.0 Å². The van der Waals surface area contributed by atoms with Crippen LogP contribution in [-0.2, 0) is 25.7 Å². The summed E-state index contributed by atoms with van der Waals surface area (Å²) in [6.07, 6.45) is -4.92. The van der Waals surface area contributed by atoms with Crippen molar-refractivity contribution < 1.29 is 47.4 Å². The first-order valence-corrected chi connectivity index (χ1v) is 14.6. The summed E-state index contributed by atoms with van der Waals surface area (Å²) in [6, 6.07) is 20.9. The summed E-state index contributed by atoms with van der Waals surface area (Å²) in [4.78, 5) is 56.8. The second-order valence-corrected chi connectivity index (χ2v) is 10.6. The first kappa shape index (κ1) is 38.4. The molecule has 16 heteroatoms. The van der Waals surface area contributed by atoms with Crippen LogP contribution in [0.3, 0.4) is 0 Å². The number of alkyl halides is 3. The molecule has 252 valence electrons. The van der Waals surface area contributed by atoms with Gasteiger partial charge in [0, 0.05) is 19.5 Å². The number of benzene rings is 3. The SMILES string of the molecule is O=C(O)C(F)(F)F.O=C(O)CC(NC(=O)CNC(=O)CCCNC(=O)NCc1ccc(Cl)c(Cl)c1)c1ccc(-c2ccccc2)cc1. The summed E-state index contributed by atoms with van der Waals surface area (Å²) in [6.45, 7) is 0.222. The molecular weight excluding hydrogens is 668 g/mol. The second kappa shape index (κ2) is 19.0. The normalized spacial score (nSPS) is 11.3. The third-order valence-electron chi connectivity index (χ3n) is 6.13. The molecule has 0 saturated carbocycles. The smallest absolute Gasteiger partial charge is 0.481 e. The van der Waals surface area contributed by atoms with Crippen molar-refractivity contribution in [3.8, 4) is 11.1 Å². The van der Waals surface area contributed by atoms with Gasteiger partial charge in [0.25, 0.3) is 0 Å². The lowest BCUT2D eigenvalue weighted by atomic mass is 9.99. The summed E-state index contributed by atoms with van der Waals surface area (Å²) in [5.41, 5.74) is 3.42. The van der Waals surface area contributed by atoms with Gasteiger partial charge in [-0.3, -0.25) is 14.4 Å². The van der Waals surface area contributed by atoms with Gasteiger partial charge in [-0.15, -0.1) is 0 Å². The molecule has 1 atom stereocenters. The molecule has 6 N–H and O–H groups in total. The second-order valence-electron chi connectivity index (χ2n) is 9.75. The van der Waals surface area contributed by atoms with E-state index < -0.39 is 36.1 Å². The molecule has 0 heterocycles. The van der Waals surface area contributed by atoms with Crippen molar-refractivity contribution in [1.82, 2.24) is 21.3 Å².